The number of nitrogens with zero attached hydrogens (tertiary/aromatic N) is 1. The molecule has 0 aromatic heterocycles. The van der Waals surface area contributed by atoms with Crippen LogP contribution in [0.5, 0.6) is 0 Å². The normalized spacial score (nSPS) is 12.3. The number of amides is 2. The lowest BCUT2D eigenvalue weighted by molar-refractivity contribution is 0.248. The molecule has 3 nitrogen and oxygen atoms in total. The predicted molar refractivity (Wildman–Crippen MR) is 97.8 cm³/mol. The zero-order valence-electron chi connectivity index (χ0n) is 13.3. The molecule has 4 rings (SSSR count). The van der Waals surface area contributed by atoms with Crippen molar-refractivity contribution >= 4 is 29.2 Å². The maximum absolute atomic E-state index is 13.8. The highest BCUT2D eigenvalue weighted by molar-refractivity contribution is 7.99. The van der Waals surface area contributed by atoms with Gasteiger partial charge in [0, 0.05) is 21.9 Å². The van der Waals surface area contributed by atoms with Crippen molar-refractivity contribution in [1.29, 1.82) is 0 Å². The topological polar surface area (TPSA) is 32.3 Å². The third kappa shape index (κ3) is 2.98. The van der Waals surface area contributed by atoms with Crippen LogP contribution >= 0.6 is 11.8 Å². The van der Waals surface area contributed by atoms with Crippen molar-refractivity contribution in [3.8, 4) is 0 Å². The molecule has 0 fully saturated rings. The molecule has 1 heterocycles. The number of fused-ring (bicyclic) bond motifs is 2. The van der Waals surface area contributed by atoms with Crippen molar-refractivity contribution in [2.24, 2.45) is 0 Å². The Bertz CT molecular complexity index is 899. The lowest BCUT2D eigenvalue weighted by Gasteiger charge is -2.31. The SMILES string of the molecule is O=C(NCc1ccccc1F)N1c2ccccc2Sc2ccccc21. The number of carbonyl (C=O) groups is 1. The minimum atomic E-state index is -0.321. The van der Waals surface area contributed by atoms with Crippen molar-refractivity contribution < 1.29 is 9.18 Å². The van der Waals surface area contributed by atoms with Crippen LogP contribution in [0.4, 0.5) is 20.6 Å². The summed E-state index contributed by atoms with van der Waals surface area (Å²) < 4.78 is 13.8. The molecule has 0 bridgehead atoms. The molecule has 0 saturated heterocycles. The van der Waals surface area contributed by atoms with Crippen molar-refractivity contribution in [1.82, 2.24) is 5.32 Å². The lowest BCUT2D eigenvalue weighted by Crippen LogP contribution is -2.38. The first-order valence-electron chi connectivity index (χ1n) is 7.91. The first-order valence-corrected chi connectivity index (χ1v) is 8.73. The van der Waals surface area contributed by atoms with Gasteiger partial charge in [-0.25, -0.2) is 9.18 Å². The highest BCUT2D eigenvalue weighted by Gasteiger charge is 2.27. The van der Waals surface area contributed by atoms with Gasteiger partial charge in [-0.15, -0.1) is 0 Å². The number of urea groups is 1. The Morgan fingerprint density at radius 3 is 2.08 bits per heavy atom. The van der Waals surface area contributed by atoms with Gasteiger partial charge in [-0.05, 0) is 30.3 Å². The van der Waals surface area contributed by atoms with Gasteiger partial charge in [-0.3, -0.25) is 4.90 Å². The second-order valence-corrected chi connectivity index (χ2v) is 6.71. The molecule has 1 N–H and O–H groups in total. The molecule has 0 atom stereocenters. The molecule has 0 spiro atoms. The number of carbonyl (C=O) groups excluding carboxylic acids is 1. The van der Waals surface area contributed by atoms with Gasteiger partial charge < -0.3 is 5.32 Å². The Balaban J connectivity index is 1.65. The average molecular weight is 350 g/mol. The summed E-state index contributed by atoms with van der Waals surface area (Å²) in [7, 11) is 0. The second-order valence-electron chi connectivity index (χ2n) is 5.62. The van der Waals surface area contributed by atoms with Crippen LogP contribution in [0.3, 0.4) is 0 Å². The highest BCUT2D eigenvalue weighted by atomic mass is 32.2. The van der Waals surface area contributed by atoms with Gasteiger partial charge in [0.15, 0.2) is 0 Å². The van der Waals surface area contributed by atoms with Crippen molar-refractivity contribution in [2.75, 3.05) is 4.90 Å². The van der Waals surface area contributed by atoms with Crippen LogP contribution < -0.4 is 10.2 Å². The monoisotopic (exact) mass is 350 g/mol. The number of rotatable bonds is 2. The molecule has 0 saturated carbocycles. The fraction of sp³-hybridized carbons (Fsp3) is 0.0500. The van der Waals surface area contributed by atoms with Crippen LogP contribution in [0.25, 0.3) is 0 Å². The van der Waals surface area contributed by atoms with Gasteiger partial charge in [0.2, 0.25) is 0 Å². The molecule has 3 aromatic carbocycles. The van der Waals surface area contributed by atoms with Crippen LogP contribution in [0, 0.1) is 5.82 Å². The number of nitrogens with one attached hydrogen (secondary N) is 1. The fourth-order valence-corrected chi connectivity index (χ4v) is 3.87. The van der Waals surface area contributed by atoms with E-state index >= 15 is 0 Å². The summed E-state index contributed by atoms with van der Waals surface area (Å²) in [6, 6.07) is 21.7. The summed E-state index contributed by atoms with van der Waals surface area (Å²) in [6.45, 7) is 0.138. The Morgan fingerprint density at radius 2 is 1.44 bits per heavy atom. The van der Waals surface area contributed by atoms with E-state index in [2.05, 4.69) is 5.32 Å². The molecular weight excluding hydrogens is 335 g/mol. The Kier molecular flexibility index (Phi) is 4.15. The van der Waals surface area contributed by atoms with E-state index in [0.717, 1.165) is 21.2 Å². The second kappa shape index (κ2) is 6.61. The largest absolute Gasteiger partial charge is 0.333 e. The summed E-state index contributed by atoms with van der Waals surface area (Å²) in [6.07, 6.45) is 0. The predicted octanol–water partition coefficient (Wildman–Crippen LogP) is 5.34. The third-order valence-corrected chi connectivity index (χ3v) is 5.15. The smallest absolute Gasteiger partial charge is 0.326 e. The molecule has 3 aromatic rings. The Labute approximate surface area is 149 Å². The number of hydrogen-bond acceptors (Lipinski definition) is 2. The Morgan fingerprint density at radius 1 is 0.880 bits per heavy atom. The van der Waals surface area contributed by atoms with Gasteiger partial charge >= 0.3 is 6.03 Å². The van der Waals surface area contributed by atoms with Gasteiger partial charge in [-0.2, -0.15) is 0 Å². The molecule has 1 aliphatic heterocycles. The number of benzene rings is 3. The maximum Gasteiger partial charge on any atom is 0.326 e. The summed E-state index contributed by atoms with van der Waals surface area (Å²) in [5.41, 5.74) is 2.12. The third-order valence-electron chi connectivity index (χ3n) is 4.02. The van der Waals surface area contributed by atoms with E-state index in [1.807, 2.05) is 48.5 Å². The van der Waals surface area contributed by atoms with Crippen LogP contribution in [0.15, 0.2) is 82.6 Å². The zero-order valence-corrected chi connectivity index (χ0v) is 14.1. The van der Waals surface area contributed by atoms with E-state index in [1.165, 1.54) is 6.07 Å². The molecule has 5 heteroatoms. The molecule has 2 amide bonds. The number of hydrogen-bond donors (Lipinski definition) is 1. The standard InChI is InChI=1S/C20H15FN2OS/c21-15-8-2-1-7-14(15)13-22-20(24)23-16-9-3-5-11-18(16)25-19-12-6-4-10-17(19)23/h1-12H,13H2,(H,22,24). The molecule has 25 heavy (non-hydrogen) atoms. The van der Waals surface area contributed by atoms with Gasteiger partial charge in [0.05, 0.1) is 11.4 Å². The van der Waals surface area contributed by atoms with Crippen LogP contribution in [-0.2, 0) is 6.54 Å². The first-order chi connectivity index (χ1) is 12.2. The lowest BCUT2D eigenvalue weighted by atomic mass is 10.2. The molecular formula is C20H15FN2OS. The van der Waals surface area contributed by atoms with E-state index < -0.39 is 0 Å². The minimum Gasteiger partial charge on any atom is -0.333 e. The quantitative estimate of drug-likeness (QED) is 0.677. The number of anilines is 2. The van der Waals surface area contributed by atoms with Gasteiger partial charge in [-0.1, -0.05) is 54.2 Å². The summed E-state index contributed by atoms with van der Waals surface area (Å²) >= 11 is 1.64. The molecule has 1 aliphatic rings. The Hall–Kier alpha value is -2.79. The summed E-state index contributed by atoms with van der Waals surface area (Å²) in [5.74, 6) is -0.321. The molecule has 0 unspecified atom stereocenters. The minimum absolute atomic E-state index is 0.138. The highest BCUT2D eigenvalue weighted by Crippen LogP contribution is 2.47. The van der Waals surface area contributed by atoms with Crippen molar-refractivity contribution in [3.63, 3.8) is 0 Å². The summed E-state index contributed by atoms with van der Waals surface area (Å²) in [5, 5.41) is 2.83. The van der Waals surface area contributed by atoms with Crippen LogP contribution in [0.1, 0.15) is 5.56 Å². The van der Waals surface area contributed by atoms with E-state index in [4.69, 9.17) is 0 Å². The van der Waals surface area contributed by atoms with E-state index in [0.29, 0.717) is 5.56 Å². The molecule has 0 radical (unpaired) electrons. The number of para-hydroxylation sites is 2. The fourth-order valence-electron chi connectivity index (χ4n) is 2.82. The van der Waals surface area contributed by atoms with Gasteiger partial charge in [0.25, 0.3) is 0 Å². The van der Waals surface area contributed by atoms with E-state index in [-0.39, 0.29) is 18.4 Å². The van der Waals surface area contributed by atoms with Gasteiger partial charge in [0.1, 0.15) is 5.82 Å². The molecule has 0 aliphatic carbocycles. The number of halogens is 1. The zero-order chi connectivity index (χ0) is 17.2. The van der Waals surface area contributed by atoms with Crippen molar-refractivity contribution in [2.45, 2.75) is 16.3 Å². The first kappa shape index (κ1) is 15.7. The van der Waals surface area contributed by atoms with E-state index in [1.54, 1.807) is 34.9 Å². The average Bonchev–Trinajstić information content (AvgIpc) is 2.65. The van der Waals surface area contributed by atoms with Crippen molar-refractivity contribution in [3.05, 3.63) is 84.2 Å². The summed E-state index contributed by atoms with van der Waals surface area (Å²) in [4.78, 5) is 16.6. The maximum atomic E-state index is 13.8. The van der Waals surface area contributed by atoms with E-state index in [9.17, 15) is 9.18 Å². The van der Waals surface area contributed by atoms with Crippen LogP contribution in [-0.4, -0.2) is 6.03 Å². The van der Waals surface area contributed by atoms with Crippen LogP contribution in [0.2, 0.25) is 0 Å². The molecule has 124 valence electrons.